The van der Waals surface area contributed by atoms with Gasteiger partial charge in [-0.3, -0.25) is 4.99 Å². The van der Waals surface area contributed by atoms with Crippen LogP contribution in [0, 0.1) is 0 Å². The van der Waals surface area contributed by atoms with Crippen LogP contribution in [0.2, 0.25) is 0 Å². The number of hydrogen-bond donors (Lipinski definition) is 2. The van der Waals surface area contributed by atoms with Gasteiger partial charge in [0.15, 0.2) is 0 Å². The van der Waals surface area contributed by atoms with Crippen molar-refractivity contribution in [3.63, 3.8) is 0 Å². The van der Waals surface area contributed by atoms with Gasteiger partial charge in [0.1, 0.15) is 11.3 Å². The minimum atomic E-state index is -1.22. The van der Waals surface area contributed by atoms with E-state index in [9.17, 15) is 9.90 Å². The van der Waals surface area contributed by atoms with Crippen molar-refractivity contribution in [2.45, 2.75) is 6.92 Å². The number of phenols is 1. The largest absolute Gasteiger partial charge is 0.507 e. The average molecular weight is 205 g/mol. The molecule has 0 fully saturated rings. The summed E-state index contributed by atoms with van der Waals surface area (Å²) in [6.45, 7) is 5.11. The highest BCUT2D eigenvalue weighted by molar-refractivity contribution is 5.98. The second-order valence-corrected chi connectivity index (χ2v) is 2.86. The van der Waals surface area contributed by atoms with Gasteiger partial charge in [0.25, 0.3) is 0 Å². The first kappa shape index (κ1) is 11.0. The number of carboxylic acid groups (broad SMARTS) is 1. The Morgan fingerprint density at radius 3 is 2.67 bits per heavy atom. The number of carboxylic acids is 1. The molecule has 0 radical (unpaired) electrons. The third kappa shape index (κ3) is 2.04. The van der Waals surface area contributed by atoms with E-state index < -0.39 is 5.97 Å². The molecule has 0 amide bonds. The molecule has 78 valence electrons. The second kappa shape index (κ2) is 4.41. The monoisotopic (exact) mass is 205 g/mol. The Bertz CT molecular complexity index is 436. The Labute approximate surface area is 87.2 Å². The maximum atomic E-state index is 10.9. The Morgan fingerprint density at radius 1 is 1.53 bits per heavy atom. The molecule has 0 bridgehead atoms. The average Bonchev–Trinajstić information content (AvgIpc) is 2.19. The molecule has 1 rings (SSSR count). The first-order chi connectivity index (χ1) is 7.11. The summed E-state index contributed by atoms with van der Waals surface area (Å²) in [7, 11) is 0. The Morgan fingerprint density at radius 2 is 2.20 bits per heavy atom. The zero-order valence-electron chi connectivity index (χ0n) is 8.27. The fourth-order valence-corrected chi connectivity index (χ4v) is 1.29. The lowest BCUT2D eigenvalue weighted by atomic mass is 10.1. The van der Waals surface area contributed by atoms with E-state index in [0.29, 0.717) is 5.56 Å². The fourth-order valence-electron chi connectivity index (χ4n) is 1.29. The standard InChI is InChI=1S/C11H11NO3/c1-3-4-7-5-6-8(13)9(11(14)15)10(7)12-2/h3-6,13H,2H2,1H3,(H,14,15)/b4-3-. The van der Waals surface area contributed by atoms with Crippen molar-refractivity contribution >= 4 is 24.5 Å². The predicted octanol–water partition coefficient (Wildman–Crippen LogP) is 2.46. The van der Waals surface area contributed by atoms with Gasteiger partial charge in [-0.2, -0.15) is 0 Å². The Balaban J connectivity index is 3.53. The molecule has 0 saturated carbocycles. The second-order valence-electron chi connectivity index (χ2n) is 2.86. The molecule has 0 aliphatic rings. The van der Waals surface area contributed by atoms with Crippen molar-refractivity contribution < 1.29 is 15.0 Å². The van der Waals surface area contributed by atoms with Crippen LogP contribution in [-0.2, 0) is 0 Å². The highest BCUT2D eigenvalue weighted by Gasteiger charge is 2.16. The van der Waals surface area contributed by atoms with Gasteiger partial charge in [0, 0.05) is 5.56 Å². The quantitative estimate of drug-likeness (QED) is 0.744. The summed E-state index contributed by atoms with van der Waals surface area (Å²) in [6.07, 6.45) is 3.46. The number of hydrogen-bond acceptors (Lipinski definition) is 3. The van der Waals surface area contributed by atoms with E-state index in [1.54, 1.807) is 25.1 Å². The van der Waals surface area contributed by atoms with Crippen LogP contribution in [0.4, 0.5) is 5.69 Å². The minimum absolute atomic E-state index is 0.181. The van der Waals surface area contributed by atoms with E-state index in [2.05, 4.69) is 11.7 Å². The lowest BCUT2D eigenvalue weighted by molar-refractivity contribution is 0.0694. The Kier molecular flexibility index (Phi) is 3.23. The van der Waals surface area contributed by atoms with Gasteiger partial charge in [-0.15, -0.1) is 0 Å². The third-order valence-corrected chi connectivity index (χ3v) is 1.91. The van der Waals surface area contributed by atoms with Gasteiger partial charge in [0.05, 0.1) is 5.69 Å². The summed E-state index contributed by atoms with van der Waals surface area (Å²) < 4.78 is 0. The van der Waals surface area contributed by atoms with Crippen molar-refractivity contribution in [1.29, 1.82) is 0 Å². The molecule has 0 aliphatic carbocycles. The van der Waals surface area contributed by atoms with Gasteiger partial charge in [0.2, 0.25) is 0 Å². The Hall–Kier alpha value is -2.10. The summed E-state index contributed by atoms with van der Waals surface area (Å²) in [5.41, 5.74) is 0.573. The van der Waals surface area contributed by atoms with Crippen molar-refractivity contribution in [3.8, 4) is 5.75 Å². The number of allylic oxidation sites excluding steroid dienone is 1. The molecule has 1 aromatic carbocycles. The summed E-state index contributed by atoms with van der Waals surface area (Å²) in [4.78, 5) is 14.5. The summed E-state index contributed by atoms with van der Waals surface area (Å²) in [6, 6.07) is 2.92. The van der Waals surface area contributed by atoms with Crippen LogP contribution >= 0.6 is 0 Å². The molecule has 0 aromatic heterocycles. The molecule has 1 aromatic rings. The molecule has 0 heterocycles. The predicted molar refractivity (Wildman–Crippen MR) is 59.0 cm³/mol. The third-order valence-electron chi connectivity index (χ3n) is 1.91. The van der Waals surface area contributed by atoms with Crippen molar-refractivity contribution in [3.05, 3.63) is 29.3 Å². The molecule has 15 heavy (non-hydrogen) atoms. The van der Waals surface area contributed by atoms with Crippen LogP contribution in [0.25, 0.3) is 6.08 Å². The zero-order chi connectivity index (χ0) is 11.4. The molecule has 0 atom stereocenters. The molecule has 0 saturated heterocycles. The number of aliphatic imine (C=N–C) groups is 1. The maximum absolute atomic E-state index is 10.9. The van der Waals surface area contributed by atoms with Gasteiger partial charge in [-0.1, -0.05) is 12.2 Å². The van der Waals surface area contributed by atoms with Gasteiger partial charge >= 0.3 is 5.97 Å². The van der Waals surface area contributed by atoms with Crippen molar-refractivity contribution in [1.82, 2.24) is 0 Å². The SMILES string of the molecule is C=Nc1c(/C=C\C)ccc(O)c1C(=O)O. The molecule has 4 heteroatoms. The van der Waals surface area contributed by atoms with Crippen LogP contribution in [0.15, 0.2) is 23.2 Å². The van der Waals surface area contributed by atoms with Gasteiger partial charge in [-0.25, -0.2) is 4.79 Å². The summed E-state index contributed by atoms with van der Waals surface area (Å²) in [5.74, 6) is -1.53. The van der Waals surface area contributed by atoms with E-state index in [4.69, 9.17) is 5.11 Å². The molecule has 0 unspecified atom stereocenters. The van der Waals surface area contributed by atoms with Crippen LogP contribution in [-0.4, -0.2) is 22.9 Å². The molecule has 4 nitrogen and oxygen atoms in total. The zero-order valence-corrected chi connectivity index (χ0v) is 8.27. The van der Waals surface area contributed by atoms with Crippen LogP contribution in [0.1, 0.15) is 22.8 Å². The molecular formula is C11H11NO3. The molecular weight excluding hydrogens is 194 g/mol. The fraction of sp³-hybridized carbons (Fsp3) is 0.0909. The summed E-state index contributed by atoms with van der Waals surface area (Å²) >= 11 is 0. The highest BCUT2D eigenvalue weighted by atomic mass is 16.4. The normalized spacial score (nSPS) is 10.5. The number of aromatic hydroxyl groups is 1. The molecule has 0 aliphatic heterocycles. The summed E-state index contributed by atoms with van der Waals surface area (Å²) in [5, 5.41) is 18.3. The minimum Gasteiger partial charge on any atom is -0.507 e. The smallest absolute Gasteiger partial charge is 0.341 e. The molecule has 0 spiro atoms. The van der Waals surface area contributed by atoms with E-state index in [1.165, 1.54) is 6.07 Å². The lowest BCUT2D eigenvalue weighted by Gasteiger charge is -2.06. The van der Waals surface area contributed by atoms with E-state index in [1.807, 2.05) is 0 Å². The van der Waals surface area contributed by atoms with Crippen LogP contribution < -0.4 is 0 Å². The van der Waals surface area contributed by atoms with E-state index in [0.717, 1.165) is 0 Å². The maximum Gasteiger partial charge on any atom is 0.341 e. The number of rotatable bonds is 3. The number of nitrogens with zero attached hydrogens (tertiary/aromatic N) is 1. The number of aromatic carboxylic acids is 1. The van der Waals surface area contributed by atoms with Crippen molar-refractivity contribution in [2.24, 2.45) is 4.99 Å². The first-order valence-electron chi connectivity index (χ1n) is 4.30. The molecule has 2 N–H and O–H groups in total. The van der Waals surface area contributed by atoms with E-state index >= 15 is 0 Å². The van der Waals surface area contributed by atoms with Gasteiger partial charge < -0.3 is 10.2 Å². The highest BCUT2D eigenvalue weighted by Crippen LogP contribution is 2.32. The van der Waals surface area contributed by atoms with E-state index in [-0.39, 0.29) is 17.0 Å². The number of carbonyl (C=O) groups is 1. The van der Waals surface area contributed by atoms with Gasteiger partial charge in [-0.05, 0) is 25.8 Å². The number of benzene rings is 1. The van der Waals surface area contributed by atoms with Crippen molar-refractivity contribution in [2.75, 3.05) is 0 Å². The first-order valence-corrected chi connectivity index (χ1v) is 4.30. The topological polar surface area (TPSA) is 69.9 Å². The lowest BCUT2D eigenvalue weighted by Crippen LogP contribution is -1.98. The van der Waals surface area contributed by atoms with Crippen LogP contribution in [0.5, 0.6) is 5.75 Å². The van der Waals surface area contributed by atoms with Crippen LogP contribution in [0.3, 0.4) is 0 Å².